The highest BCUT2D eigenvalue weighted by Crippen LogP contribution is 2.41. The molecule has 0 saturated carbocycles. The fourth-order valence-electron chi connectivity index (χ4n) is 4.21. The Kier molecular flexibility index (Phi) is 6.91. The fourth-order valence-corrected chi connectivity index (χ4v) is 7.97. The van der Waals surface area contributed by atoms with Gasteiger partial charge >= 0.3 is 0 Å². The summed E-state index contributed by atoms with van der Waals surface area (Å²) in [6.07, 6.45) is -4.01. The SMILES string of the molecule is CO[C@H]1OC(CCC(C)(C)[Si](O)(c2ccccc2)c2ccccc2)[C@@H](O)C(=O)[C@@H]1O. The second-order valence-corrected chi connectivity index (χ2v) is 12.4. The first kappa shape index (κ1) is 22.8. The van der Waals surface area contributed by atoms with E-state index in [1.54, 1.807) is 0 Å². The quantitative estimate of drug-likeness (QED) is 0.567. The van der Waals surface area contributed by atoms with Crippen LogP contribution in [0.2, 0.25) is 5.04 Å². The fraction of sp³-hybridized carbons (Fsp3) is 0.435. The van der Waals surface area contributed by atoms with Crippen LogP contribution in [0.5, 0.6) is 0 Å². The predicted molar refractivity (Wildman–Crippen MR) is 116 cm³/mol. The number of aliphatic hydroxyl groups is 2. The molecule has 4 atom stereocenters. The maximum atomic E-state index is 12.2. The maximum absolute atomic E-state index is 12.2. The van der Waals surface area contributed by atoms with Crippen LogP contribution in [0.15, 0.2) is 60.7 Å². The second-order valence-electron chi connectivity index (χ2n) is 8.44. The van der Waals surface area contributed by atoms with E-state index in [0.29, 0.717) is 12.8 Å². The predicted octanol–water partition coefficient (Wildman–Crippen LogP) is 0.961. The van der Waals surface area contributed by atoms with Crippen molar-refractivity contribution in [2.24, 2.45) is 0 Å². The lowest BCUT2D eigenvalue weighted by molar-refractivity contribution is -0.244. The molecule has 2 aromatic carbocycles. The van der Waals surface area contributed by atoms with E-state index < -0.39 is 43.7 Å². The summed E-state index contributed by atoms with van der Waals surface area (Å²) in [6.45, 7) is 4.03. The topological polar surface area (TPSA) is 96.2 Å². The molecule has 1 saturated heterocycles. The van der Waals surface area contributed by atoms with Crippen molar-refractivity contribution in [1.82, 2.24) is 0 Å². The van der Waals surface area contributed by atoms with Gasteiger partial charge in [-0.2, -0.15) is 0 Å². The minimum absolute atomic E-state index is 0.335. The Hall–Kier alpha value is -1.87. The molecular formula is C23H30O6Si. The second kappa shape index (κ2) is 9.09. The molecular weight excluding hydrogens is 400 g/mol. The molecule has 3 rings (SSSR count). The first-order valence-corrected chi connectivity index (χ1v) is 12.1. The number of hydrogen-bond acceptors (Lipinski definition) is 6. The number of hydrogen-bond donors (Lipinski definition) is 3. The Morgan fingerprint density at radius 2 is 1.47 bits per heavy atom. The van der Waals surface area contributed by atoms with Crippen molar-refractivity contribution >= 4 is 24.5 Å². The minimum atomic E-state index is -3.19. The van der Waals surface area contributed by atoms with E-state index in [1.807, 2.05) is 74.5 Å². The summed E-state index contributed by atoms with van der Waals surface area (Å²) in [4.78, 5) is 24.3. The number of benzene rings is 2. The Balaban J connectivity index is 1.88. The molecule has 0 radical (unpaired) electrons. The summed E-state index contributed by atoms with van der Waals surface area (Å²) in [5, 5.41) is 21.5. The van der Waals surface area contributed by atoms with Crippen molar-refractivity contribution in [3.8, 4) is 0 Å². The molecule has 162 valence electrons. The summed E-state index contributed by atoms with van der Waals surface area (Å²) in [7, 11) is -1.85. The van der Waals surface area contributed by atoms with Crippen LogP contribution in [0, 0.1) is 0 Å². The van der Waals surface area contributed by atoms with Gasteiger partial charge in [0.1, 0.15) is 6.10 Å². The Morgan fingerprint density at radius 1 is 0.967 bits per heavy atom. The monoisotopic (exact) mass is 430 g/mol. The molecule has 1 aliphatic rings. The van der Waals surface area contributed by atoms with Crippen LogP contribution in [-0.4, -0.2) is 60.8 Å². The first-order chi connectivity index (χ1) is 14.2. The number of Topliss-reactive ketones (excluding diaryl/α,β-unsaturated/α-hetero) is 1. The van der Waals surface area contributed by atoms with E-state index in [2.05, 4.69) is 0 Å². The number of carbonyl (C=O) groups is 1. The van der Waals surface area contributed by atoms with Crippen LogP contribution in [0.3, 0.4) is 0 Å². The van der Waals surface area contributed by atoms with Crippen molar-refractivity contribution < 1.29 is 29.3 Å². The number of methoxy groups -OCH3 is 1. The molecule has 0 aliphatic carbocycles. The van der Waals surface area contributed by atoms with Crippen molar-refractivity contribution in [3.05, 3.63) is 60.7 Å². The van der Waals surface area contributed by atoms with Gasteiger partial charge in [-0.3, -0.25) is 4.79 Å². The van der Waals surface area contributed by atoms with Crippen LogP contribution in [0.4, 0.5) is 0 Å². The van der Waals surface area contributed by atoms with E-state index in [0.717, 1.165) is 10.4 Å². The molecule has 0 aromatic heterocycles. The molecule has 3 N–H and O–H groups in total. The molecule has 1 fully saturated rings. The largest absolute Gasteiger partial charge is 0.424 e. The van der Waals surface area contributed by atoms with Gasteiger partial charge in [-0.1, -0.05) is 74.5 Å². The lowest BCUT2D eigenvalue weighted by atomic mass is 9.94. The minimum Gasteiger partial charge on any atom is -0.424 e. The zero-order valence-electron chi connectivity index (χ0n) is 17.6. The van der Waals surface area contributed by atoms with E-state index in [1.165, 1.54) is 7.11 Å². The van der Waals surface area contributed by atoms with Gasteiger partial charge < -0.3 is 24.5 Å². The van der Waals surface area contributed by atoms with Crippen LogP contribution < -0.4 is 10.4 Å². The molecule has 0 amide bonds. The van der Waals surface area contributed by atoms with Gasteiger partial charge in [0.15, 0.2) is 18.2 Å². The van der Waals surface area contributed by atoms with E-state index in [9.17, 15) is 19.8 Å². The zero-order valence-corrected chi connectivity index (χ0v) is 18.6. The summed E-state index contributed by atoms with van der Waals surface area (Å²) in [5.74, 6) is -0.700. The van der Waals surface area contributed by atoms with Crippen LogP contribution in [-0.2, 0) is 14.3 Å². The van der Waals surface area contributed by atoms with Crippen molar-refractivity contribution in [3.63, 3.8) is 0 Å². The average Bonchev–Trinajstić information content (AvgIpc) is 2.77. The Bertz CT molecular complexity index is 802. The number of rotatable bonds is 7. The van der Waals surface area contributed by atoms with E-state index in [-0.39, 0.29) is 0 Å². The molecule has 1 aliphatic heterocycles. The van der Waals surface area contributed by atoms with Gasteiger partial charge in [-0.05, 0) is 28.3 Å². The third kappa shape index (κ3) is 4.14. The van der Waals surface area contributed by atoms with Crippen molar-refractivity contribution in [2.75, 3.05) is 7.11 Å². The van der Waals surface area contributed by atoms with Crippen molar-refractivity contribution in [2.45, 2.75) is 56.3 Å². The maximum Gasteiger partial charge on any atom is 0.258 e. The molecule has 2 aromatic rings. The highest BCUT2D eigenvalue weighted by molar-refractivity contribution is 6.98. The van der Waals surface area contributed by atoms with E-state index in [4.69, 9.17) is 9.47 Å². The van der Waals surface area contributed by atoms with Crippen LogP contribution in [0.1, 0.15) is 26.7 Å². The van der Waals surface area contributed by atoms with Gasteiger partial charge in [-0.25, -0.2) is 0 Å². The molecule has 30 heavy (non-hydrogen) atoms. The molecule has 0 spiro atoms. The number of ketones is 1. The molecule has 6 nitrogen and oxygen atoms in total. The van der Waals surface area contributed by atoms with Gasteiger partial charge in [0.25, 0.3) is 8.32 Å². The summed E-state index contributed by atoms with van der Waals surface area (Å²) in [5.41, 5.74) is 0. The van der Waals surface area contributed by atoms with Gasteiger partial charge in [0.05, 0.1) is 6.10 Å². The number of ether oxygens (including phenoxy) is 2. The highest BCUT2D eigenvalue weighted by Gasteiger charge is 2.51. The van der Waals surface area contributed by atoms with Crippen molar-refractivity contribution in [1.29, 1.82) is 0 Å². The van der Waals surface area contributed by atoms with Gasteiger partial charge in [0.2, 0.25) is 0 Å². The smallest absolute Gasteiger partial charge is 0.258 e. The summed E-state index contributed by atoms with van der Waals surface area (Å²) < 4.78 is 10.7. The average molecular weight is 431 g/mol. The standard InChI is InChI=1S/C23H30O6Si/c1-23(2,15-14-18-19(24)20(25)21(26)22(28-3)29-18)30(27,16-10-6-4-7-11-16)17-12-8-5-9-13-17/h4-13,18-19,21-22,24,26-27H,14-15H2,1-3H3/t18?,19-,21+,22+/m1/s1. The van der Waals surface area contributed by atoms with Crippen LogP contribution in [0.25, 0.3) is 0 Å². The summed E-state index contributed by atoms with van der Waals surface area (Å²) in [6, 6.07) is 19.3. The molecule has 1 unspecified atom stereocenters. The Labute approximate surface area is 178 Å². The summed E-state index contributed by atoms with van der Waals surface area (Å²) >= 11 is 0. The van der Waals surface area contributed by atoms with Crippen LogP contribution >= 0.6 is 0 Å². The normalized spacial score (nSPS) is 25.3. The van der Waals surface area contributed by atoms with Gasteiger partial charge in [-0.15, -0.1) is 0 Å². The van der Waals surface area contributed by atoms with Gasteiger partial charge in [0, 0.05) is 7.11 Å². The number of carbonyl (C=O) groups excluding carboxylic acids is 1. The third-order valence-electron chi connectivity index (χ3n) is 6.15. The lowest BCUT2D eigenvalue weighted by Crippen LogP contribution is -2.65. The molecule has 0 bridgehead atoms. The number of aliphatic hydroxyl groups excluding tert-OH is 2. The zero-order chi connectivity index (χ0) is 21.9. The molecule has 7 heteroatoms. The van der Waals surface area contributed by atoms with E-state index >= 15 is 0 Å². The highest BCUT2D eigenvalue weighted by atomic mass is 28.4. The third-order valence-corrected chi connectivity index (χ3v) is 10.7. The molecule has 1 heterocycles. The lowest BCUT2D eigenvalue weighted by Gasteiger charge is -2.43. The Morgan fingerprint density at radius 3 is 1.93 bits per heavy atom. The first-order valence-electron chi connectivity index (χ1n) is 10.1.